The number of amides is 1. The summed E-state index contributed by atoms with van der Waals surface area (Å²) in [6.07, 6.45) is -0.494. The number of nitrogens with zero attached hydrogens (tertiary/aromatic N) is 2. The van der Waals surface area contributed by atoms with E-state index in [-0.39, 0.29) is 41.8 Å². The van der Waals surface area contributed by atoms with E-state index in [4.69, 9.17) is 15.6 Å². The first-order valence-electron chi connectivity index (χ1n) is 8.43. The lowest BCUT2D eigenvalue weighted by Gasteiger charge is -2.19. The van der Waals surface area contributed by atoms with Crippen LogP contribution in [0.25, 0.3) is 0 Å². The van der Waals surface area contributed by atoms with Crippen LogP contribution in [-0.4, -0.2) is 41.1 Å². The molecule has 0 unspecified atom stereocenters. The van der Waals surface area contributed by atoms with Crippen molar-refractivity contribution in [1.82, 2.24) is 9.88 Å². The van der Waals surface area contributed by atoms with Crippen LogP contribution in [0.2, 0.25) is 0 Å². The summed E-state index contributed by atoms with van der Waals surface area (Å²) < 4.78 is 44.5. The Morgan fingerprint density at radius 1 is 1.21 bits per heavy atom. The largest absolute Gasteiger partial charge is 0.489 e. The Kier molecular flexibility index (Phi) is 5.62. The highest BCUT2D eigenvalue weighted by Gasteiger charge is 2.32. The Bertz CT molecular complexity index is 988. The number of benzene rings is 1. The fourth-order valence-electron chi connectivity index (χ4n) is 2.58. The second kappa shape index (κ2) is 8.13. The first-order chi connectivity index (χ1) is 13.8. The van der Waals surface area contributed by atoms with Gasteiger partial charge in [-0.2, -0.15) is 13.2 Å². The zero-order valence-corrected chi connectivity index (χ0v) is 15.0. The Hall–Kier alpha value is -3.69. The second-order valence-corrected chi connectivity index (χ2v) is 5.98. The lowest BCUT2D eigenvalue weighted by molar-refractivity contribution is -0.137. The Morgan fingerprint density at radius 2 is 2.00 bits per heavy atom. The molecule has 0 aliphatic carbocycles. The van der Waals surface area contributed by atoms with Gasteiger partial charge >= 0.3 is 6.18 Å². The molecule has 1 aliphatic rings. The molecule has 1 aromatic heterocycles. The van der Waals surface area contributed by atoms with E-state index in [2.05, 4.69) is 10.3 Å². The number of alkyl halides is 3. The summed E-state index contributed by atoms with van der Waals surface area (Å²) in [5, 5.41) is 18.2. The maximum atomic E-state index is 13.0. The number of carbonyl (C=O) groups excluding carboxylic acids is 1. The fourth-order valence-corrected chi connectivity index (χ4v) is 2.58. The quantitative estimate of drug-likeness (QED) is 0.385. The third-order valence-electron chi connectivity index (χ3n) is 4.03. The second-order valence-electron chi connectivity index (χ2n) is 5.98. The number of ether oxygens (including phenoxy) is 1. The van der Waals surface area contributed by atoms with Crippen molar-refractivity contribution >= 4 is 23.9 Å². The fraction of sp³-hybridized carbons (Fsp3) is 0.158. The Labute approximate surface area is 163 Å². The summed E-state index contributed by atoms with van der Waals surface area (Å²) in [6.45, 7) is 0.0731. The number of hydrogen-bond donors (Lipinski definition) is 3. The van der Waals surface area contributed by atoms with Crippen LogP contribution in [-0.2, 0) is 6.18 Å². The monoisotopic (exact) mass is 403 g/mol. The van der Waals surface area contributed by atoms with E-state index in [1.54, 1.807) is 18.2 Å². The molecule has 10 heteroatoms. The van der Waals surface area contributed by atoms with Gasteiger partial charge in [-0.3, -0.25) is 15.6 Å². The van der Waals surface area contributed by atoms with Crippen LogP contribution in [0.5, 0.6) is 5.75 Å². The molecule has 0 saturated carbocycles. The molecule has 3 rings (SSSR count). The van der Waals surface area contributed by atoms with Crippen molar-refractivity contribution < 1.29 is 22.7 Å². The molecule has 0 radical (unpaired) electrons. The third kappa shape index (κ3) is 4.60. The summed E-state index contributed by atoms with van der Waals surface area (Å²) in [6, 6.07) is 7.24. The van der Waals surface area contributed by atoms with Crippen molar-refractivity contribution in [3.8, 4) is 5.75 Å². The summed E-state index contributed by atoms with van der Waals surface area (Å²) in [5.41, 5.74) is -0.787. The maximum absolute atomic E-state index is 13.0. The van der Waals surface area contributed by atoms with Crippen LogP contribution in [0.15, 0.2) is 48.6 Å². The Balaban J connectivity index is 2.03. The predicted molar refractivity (Wildman–Crippen MR) is 101 cm³/mol. The summed E-state index contributed by atoms with van der Waals surface area (Å²) >= 11 is 0. The first kappa shape index (κ1) is 20.1. The molecule has 29 heavy (non-hydrogen) atoms. The molecule has 0 spiro atoms. The van der Waals surface area contributed by atoms with E-state index in [1.807, 2.05) is 0 Å². The topological polar surface area (TPSA) is 102 Å². The highest BCUT2D eigenvalue weighted by atomic mass is 19.4. The van der Waals surface area contributed by atoms with Crippen LogP contribution in [0, 0.1) is 10.8 Å². The van der Waals surface area contributed by atoms with Crippen molar-refractivity contribution in [2.75, 3.05) is 18.5 Å². The van der Waals surface area contributed by atoms with Crippen LogP contribution in [0.4, 0.5) is 19.0 Å². The van der Waals surface area contributed by atoms with Gasteiger partial charge in [0.2, 0.25) is 0 Å². The molecule has 0 atom stereocenters. The number of pyridine rings is 1. The average Bonchev–Trinajstić information content (AvgIpc) is 2.69. The molecule has 150 valence electrons. The maximum Gasteiger partial charge on any atom is 0.416 e. The van der Waals surface area contributed by atoms with Gasteiger partial charge in [0.05, 0.1) is 17.5 Å². The highest BCUT2D eigenvalue weighted by Crippen LogP contribution is 2.33. The lowest BCUT2D eigenvalue weighted by atomic mass is 10.1. The van der Waals surface area contributed by atoms with E-state index in [0.29, 0.717) is 0 Å². The van der Waals surface area contributed by atoms with Crippen LogP contribution in [0.1, 0.15) is 21.6 Å². The molecule has 7 nitrogen and oxygen atoms in total. The average molecular weight is 403 g/mol. The third-order valence-corrected chi connectivity index (χ3v) is 4.03. The lowest BCUT2D eigenvalue weighted by Crippen LogP contribution is -2.30. The molecular formula is C19H16F3N5O2. The number of nitrogens with one attached hydrogen (secondary N) is 3. The van der Waals surface area contributed by atoms with Gasteiger partial charge in [-0.15, -0.1) is 0 Å². The van der Waals surface area contributed by atoms with Crippen LogP contribution >= 0.6 is 0 Å². The van der Waals surface area contributed by atoms with Gasteiger partial charge in [0.25, 0.3) is 5.91 Å². The predicted octanol–water partition coefficient (Wildman–Crippen LogP) is 3.54. The van der Waals surface area contributed by atoms with E-state index in [0.717, 1.165) is 24.5 Å². The molecular weight excluding hydrogens is 387 g/mol. The minimum atomic E-state index is -4.58. The van der Waals surface area contributed by atoms with E-state index >= 15 is 0 Å². The van der Waals surface area contributed by atoms with Crippen molar-refractivity contribution in [1.29, 1.82) is 10.8 Å². The number of carbonyl (C=O) groups is 1. The van der Waals surface area contributed by atoms with Gasteiger partial charge in [0.1, 0.15) is 23.9 Å². The number of amidine groups is 1. The molecule has 0 fully saturated rings. The zero-order valence-electron chi connectivity index (χ0n) is 15.0. The number of fused-ring (bicyclic) bond motifs is 3. The number of anilines is 1. The highest BCUT2D eigenvalue weighted by molar-refractivity contribution is 6.06. The minimum Gasteiger partial charge on any atom is -0.489 e. The van der Waals surface area contributed by atoms with E-state index < -0.39 is 17.6 Å². The number of aromatic nitrogens is 1. The Morgan fingerprint density at radius 3 is 2.72 bits per heavy atom. The molecule has 1 aromatic carbocycles. The number of hydrogen-bond acceptors (Lipinski definition) is 5. The molecule has 2 bridgehead atoms. The van der Waals surface area contributed by atoms with Gasteiger partial charge < -0.3 is 15.0 Å². The first-order valence-corrected chi connectivity index (χ1v) is 8.43. The van der Waals surface area contributed by atoms with Crippen LogP contribution in [0.3, 0.4) is 0 Å². The summed E-state index contributed by atoms with van der Waals surface area (Å²) in [5.74, 6) is -0.851. The minimum absolute atomic E-state index is 0.0473. The van der Waals surface area contributed by atoms with Gasteiger partial charge in [-0.25, -0.2) is 4.98 Å². The van der Waals surface area contributed by atoms with Gasteiger partial charge in [0.15, 0.2) is 5.84 Å². The van der Waals surface area contributed by atoms with Crippen molar-refractivity contribution in [2.45, 2.75) is 6.18 Å². The molecule has 1 amide bonds. The zero-order chi connectivity index (χ0) is 21.0. The normalized spacial score (nSPS) is 16.2. The van der Waals surface area contributed by atoms with Crippen molar-refractivity contribution in [3.63, 3.8) is 0 Å². The molecule has 0 saturated heterocycles. The molecule has 2 aromatic rings. The smallest absolute Gasteiger partial charge is 0.416 e. The summed E-state index contributed by atoms with van der Waals surface area (Å²) in [7, 11) is 0. The SMILES string of the molecule is N=CN1C/C=C/COc2cc(C(F)(F)F)ccc2C(=O)Nc2cccc(n2)C1=N. The standard InChI is InChI=1S/C19H16F3N5O2/c20-19(21,22)12-6-7-13-15(10-12)29-9-2-1-8-27(11-23)17(24)14-4-3-5-16(25-14)26-18(13)28/h1-7,10-11,23-24H,8-9H2,(H,25,26,28)/b2-1+,23-11?,24-17?. The summed E-state index contributed by atoms with van der Waals surface area (Å²) in [4.78, 5) is 18.1. The number of halogens is 3. The van der Waals surface area contributed by atoms with E-state index in [1.165, 1.54) is 17.0 Å². The van der Waals surface area contributed by atoms with E-state index in [9.17, 15) is 18.0 Å². The van der Waals surface area contributed by atoms with Crippen LogP contribution < -0.4 is 10.1 Å². The van der Waals surface area contributed by atoms with Gasteiger partial charge in [-0.1, -0.05) is 12.1 Å². The van der Waals surface area contributed by atoms with Gasteiger partial charge in [0, 0.05) is 6.54 Å². The molecule has 3 N–H and O–H groups in total. The molecule has 1 aliphatic heterocycles. The van der Waals surface area contributed by atoms with Crippen molar-refractivity contribution in [3.05, 3.63) is 65.4 Å². The van der Waals surface area contributed by atoms with Crippen molar-refractivity contribution in [2.24, 2.45) is 0 Å². The number of rotatable bonds is 1. The molecule has 2 heterocycles. The van der Waals surface area contributed by atoms with Gasteiger partial charge in [-0.05, 0) is 36.4 Å².